The van der Waals surface area contributed by atoms with Crippen molar-refractivity contribution in [2.24, 2.45) is 0 Å². The summed E-state index contributed by atoms with van der Waals surface area (Å²) in [5, 5.41) is 3.37. The Morgan fingerprint density at radius 1 is 1.35 bits per heavy atom. The summed E-state index contributed by atoms with van der Waals surface area (Å²) in [5.74, 6) is 0. The first-order valence-corrected chi connectivity index (χ1v) is 7.07. The number of hydrogen-bond donors (Lipinski definition) is 2. The second-order valence-electron chi connectivity index (χ2n) is 4.38. The topological polar surface area (TPSA) is 87.7 Å². The molecule has 0 aromatic heterocycles. The highest BCUT2D eigenvalue weighted by Gasteiger charge is 2.34. The highest BCUT2D eigenvalue weighted by molar-refractivity contribution is 7.87. The molecule has 2 aliphatic rings. The molecule has 2 rings (SSSR count). The van der Waals surface area contributed by atoms with E-state index in [0.717, 1.165) is 26.4 Å². The maximum atomic E-state index is 11.9. The minimum absolute atomic E-state index is 0.191. The van der Waals surface area contributed by atoms with E-state index in [1.807, 2.05) is 4.72 Å². The number of hydrogen-bond acceptors (Lipinski definition) is 5. The summed E-state index contributed by atoms with van der Waals surface area (Å²) in [7, 11) is -2.64. The molecule has 0 saturated carbocycles. The van der Waals surface area contributed by atoms with Crippen molar-refractivity contribution in [1.29, 1.82) is 0 Å². The van der Waals surface area contributed by atoms with Gasteiger partial charge in [0, 0.05) is 25.2 Å². The standard InChI is InChI=1S/C9H17N3O4S/c1-16-9(13)11-17(14,15)12-5-4-7-2-3-8(6-12)10-7/h7-8,10H,2-6H2,1H3,(H,11,13). The first-order chi connectivity index (χ1) is 8.01. The lowest BCUT2D eigenvalue weighted by Crippen LogP contribution is -2.46. The van der Waals surface area contributed by atoms with Gasteiger partial charge in [-0.1, -0.05) is 0 Å². The molecule has 0 spiro atoms. The Morgan fingerprint density at radius 2 is 2.06 bits per heavy atom. The molecule has 0 aromatic carbocycles. The summed E-state index contributed by atoms with van der Waals surface area (Å²) >= 11 is 0. The maximum Gasteiger partial charge on any atom is 0.421 e. The van der Waals surface area contributed by atoms with Gasteiger partial charge in [0.25, 0.3) is 0 Å². The maximum absolute atomic E-state index is 11.9. The molecule has 2 heterocycles. The van der Waals surface area contributed by atoms with Crippen LogP contribution in [-0.4, -0.2) is 51.1 Å². The van der Waals surface area contributed by atoms with E-state index in [1.54, 1.807) is 0 Å². The van der Waals surface area contributed by atoms with Crippen LogP contribution in [0.2, 0.25) is 0 Å². The Morgan fingerprint density at radius 3 is 2.76 bits per heavy atom. The van der Waals surface area contributed by atoms with Crippen molar-refractivity contribution in [1.82, 2.24) is 14.3 Å². The number of amides is 1. The van der Waals surface area contributed by atoms with Gasteiger partial charge in [0.1, 0.15) is 0 Å². The van der Waals surface area contributed by atoms with E-state index in [-0.39, 0.29) is 6.04 Å². The van der Waals surface area contributed by atoms with Gasteiger partial charge < -0.3 is 10.1 Å². The van der Waals surface area contributed by atoms with Gasteiger partial charge in [0.05, 0.1) is 7.11 Å². The predicted molar refractivity (Wildman–Crippen MR) is 60.6 cm³/mol. The number of fused-ring (bicyclic) bond motifs is 2. The van der Waals surface area contributed by atoms with Crippen LogP contribution in [-0.2, 0) is 14.9 Å². The summed E-state index contributed by atoms with van der Waals surface area (Å²) in [6.45, 7) is 0.837. The molecule has 2 unspecified atom stereocenters. The Hall–Kier alpha value is -0.860. The van der Waals surface area contributed by atoms with Crippen LogP contribution in [0.3, 0.4) is 0 Å². The molecule has 1 amide bonds. The van der Waals surface area contributed by atoms with E-state index in [2.05, 4.69) is 10.1 Å². The van der Waals surface area contributed by atoms with Crippen LogP contribution >= 0.6 is 0 Å². The molecular weight excluding hydrogens is 246 g/mol. The lowest BCUT2D eigenvalue weighted by molar-refractivity contribution is 0.177. The molecule has 2 aliphatic heterocycles. The van der Waals surface area contributed by atoms with Gasteiger partial charge >= 0.3 is 16.3 Å². The third-order valence-corrected chi connectivity index (χ3v) is 4.66. The Balaban J connectivity index is 2.03. The smallest absolute Gasteiger partial charge is 0.421 e. The molecule has 0 radical (unpaired) electrons. The Bertz CT molecular complexity index is 397. The summed E-state index contributed by atoms with van der Waals surface area (Å²) in [5.41, 5.74) is 0. The number of nitrogens with zero attached hydrogens (tertiary/aromatic N) is 1. The zero-order valence-corrected chi connectivity index (χ0v) is 10.5. The van der Waals surface area contributed by atoms with Crippen LogP contribution in [0.1, 0.15) is 19.3 Å². The first-order valence-electron chi connectivity index (χ1n) is 5.63. The highest BCUT2D eigenvalue weighted by atomic mass is 32.2. The summed E-state index contributed by atoms with van der Waals surface area (Å²) in [4.78, 5) is 11.0. The van der Waals surface area contributed by atoms with E-state index in [9.17, 15) is 13.2 Å². The number of methoxy groups -OCH3 is 1. The van der Waals surface area contributed by atoms with Gasteiger partial charge in [-0.05, 0) is 19.3 Å². The molecule has 2 saturated heterocycles. The second kappa shape index (κ2) is 4.79. The number of ether oxygens (including phenoxy) is 1. The van der Waals surface area contributed by atoms with E-state index in [1.165, 1.54) is 4.31 Å². The van der Waals surface area contributed by atoms with Crippen LogP contribution in [0.15, 0.2) is 0 Å². The fourth-order valence-corrected chi connectivity index (χ4v) is 3.49. The normalized spacial score (nSPS) is 29.7. The number of rotatable bonds is 2. The fourth-order valence-electron chi connectivity index (χ4n) is 2.34. The van der Waals surface area contributed by atoms with E-state index < -0.39 is 16.3 Å². The largest absolute Gasteiger partial charge is 0.452 e. The van der Waals surface area contributed by atoms with E-state index in [4.69, 9.17) is 0 Å². The van der Waals surface area contributed by atoms with Crippen LogP contribution in [0, 0.1) is 0 Å². The minimum Gasteiger partial charge on any atom is -0.452 e. The number of carbonyl (C=O) groups is 1. The third kappa shape index (κ3) is 2.88. The monoisotopic (exact) mass is 263 g/mol. The molecule has 7 nitrogen and oxygen atoms in total. The highest BCUT2D eigenvalue weighted by Crippen LogP contribution is 2.21. The van der Waals surface area contributed by atoms with Crippen molar-refractivity contribution in [2.75, 3.05) is 20.2 Å². The second-order valence-corrected chi connectivity index (χ2v) is 6.05. The molecule has 2 bridgehead atoms. The van der Waals surface area contributed by atoms with Gasteiger partial charge in [-0.3, -0.25) is 0 Å². The van der Waals surface area contributed by atoms with Crippen molar-refractivity contribution in [3.05, 3.63) is 0 Å². The van der Waals surface area contributed by atoms with Crippen LogP contribution in [0.25, 0.3) is 0 Å². The molecule has 0 aliphatic carbocycles. The number of nitrogens with one attached hydrogen (secondary N) is 2. The lowest BCUT2D eigenvalue weighted by Gasteiger charge is -2.23. The summed E-state index contributed by atoms with van der Waals surface area (Å²) in [6, 6.07) is 0.593. The fraction of sp³-hybridized carbons (Fsp3) is 0.889. The molecule has 2 atom stereocenters. The lowest BCUT2D eigenvalue weighted by atomic mass is 10.1. The van der Waals surface area contributed by atoms with Crippen LogP contribution in [0.5, 0.6) is 0 Å². The minimum atomic E-state index is -3.77. The quantitative estimate of drug-likeness (QED) is 0.695. The predicted octanol–water partition coefficient (Wildman–Crippen LogP) is -0.586. The molecule has 8 heteroatoms. The molecule has 2 N–H and O–H groups in total. The third-order valence-electron chi connectivity index (χ3n) is 3.22. The molecule has 2 fully saturated rings. The SMILES string of the molecule is COC(=O)NS(=O)(=O)N1CCC2CCC(C1)N2. The zero-order chi connectivity index (χ0) is 12.5. The molecule has 98 valence electrons. The first kappa shape index (κ1) is 12.6. The van der Waals surface area contributed by atoms with Crippen LogP contribution in [0.4, 0.5) is 4.79 Å². The van der Waals surface area contributed by atoms with E-state index in [0.29, 0.717) is 19.1 Å². The van der Waals surface area contributed by atoms with Crippen molar-refractivity contribution >= 4 is 16.3 Å². The van der Waals surface area contributed by atoms with Gasteiger partial charge in [0.15, 0.2) is 0 Å². The average molecular weight is 263 g/mol. The van der Waals surface area contributed by atoms with E-state index >= 15 is 0 Å². The van der Waals surface area contributed by atoms with Gasteiger partial charge in [-0.2, -0.15) is 12.7 Å². The van der Waals surface area contributed by atoms with Crippen LogP contribution < -0.4 is 10.0 Å². The Kier molecular flexibility index (Phi) is 3.55. The zero-order valence-electron chi connectivity index (χ0n) is 9.68. The summed E-state index contributed by atoms with van der Waals surface area (Å²) < 4.78 is 31.2. The van der Waals surface area contributed by atoms with Crippen molar-refractivity contribution < 1.29 is 17.9 Å². The van der Waals surface area contributed by atoms with Gasteiger partial charge in [-0.15, -0.1) is 0 Å². The summed E-state index contributed by atoms with van der Waals surface area (Å²) in [6.07, 6.45) is 1.91. The Labute approximate surface area is 101 Å². The molecule has 17 heavy (non-hydrogen) atoms. The van der Waals surface area contributed by atoms with Crippen molar-refractivity contribution in [3.8, 4) is 0 Å². The van der Waals surface area contributed by atoms with Crippen molar-refractivity contribution in [3.63, 3.8) is 0 Å². The number of carbonyl (C=O) groups excluding carboxylic acids is 1. The molecule has 0 aromatic rings. The van der Waals surface area contributed by atoms with Gasteiger partial charge in [-0.25, -0.2) is 9.52 Å². The van der Waals surface area contributed by atoms with Crippen molar-refractivity contribution in [2.45, 2.75) is 31.3 Å². The average Bonchev–Trinajstić information content (AvgIpc) is 2.56. The molecular formula is C9H17N3O4S. The van der Waals surface area contributed by atoms with Gasteiger partial charge in [0.2, 0.25) is 0 Å².